The standard InChI is InChI=1S/C24H17BrClNO3S/c25-20-10-3-1-7-17(20)14-27-23(28)22(31-24(27)29)13-16-6-5-9-19(12-16)30-15-18-8-2-4-11-21(18)26/h1-13H,14-15H2/b22-13-. The fraction of sp³-hybridized carbons (Fsp3) is 0.0833. The number of nitrogens with zero attached hydrogens (tertiary/aromatic N) is 1. The van der Waals surface area contributed by atoms with Gasteiger partial charge in [-0.2, -0.15) is 0 Å². The molecule has 0 saturated carbocycles. The molecule has 0 spiro atoms. The van der Waals surface area contributed by atoms with Crippen molar-refractivity contribution in [2.75, 3.05) is 0 Å². The van der Waals surface area contributed by atoms with Crippen LogP contribution in [0, 0.1) is 0 Å². The second-order valence-corrected chi connectivity index (χ2v) is 9.07. The maximum absolute atomic E-state index is 12.8. The Morgan fingerprint density at radius 3 is 2.48 bits per heavy atom. The summed E-state index contributed by atoms with van der Waals surface area (Å²) in [7, 11) is 0. The molecule has 0 atom stereocenters. The summed E-state index contributed by atoms with van der Waals surface area (Å²) in [6.45, 7) is 0.565. The molecule has 0 unspecified atom stereocenters. The number of benzene rings is 3. The highest BCUT2D eigenvalue weighted by Crippen LogP contribution is 2.34. The van der Waals surface area contributed by atoms with Gasteiger partial charge in [-0.3, -0.25) is 14.5 Å². The summed E-state index contributed by atoms with van der Waals surface area (Å²) in [4.78, 5) is 26.9. The van der Waals surface area contributed by atoms with E-state index in [0.29, 0.717) is 22.3 Å². The molecule has 1 aliphatic heterocycles. The highest BCUT2D eigenvalue weighted by atomic mass is 79.9. The summed E-state index contributed by atoms with van der Waals surface area (Å²) in [5.74, 6) is 0.356. The minimum atomic E-state index is -0.298. The van der Waals surface area contributed by atoms with Gasteiger partial charge in [0, 0.05) is 15.1 Å². The first-order valence-corrected chi connectivity index (χ1v) is 11.4. The number of halogens is 2. The van der Waals surface area contributed by atoms with E-state index in [4.69, 9.17) is 16.3 Å². The van der Waals surface area contributed by atoms with E-state index in [1.807, 2.05) is 72.8 Å². The van der Waals surface area contributed by atoms with E-state index in [2.05, 4.69) is 15.9 Å². The van der Waals surface area contributed by atoms with Crippen LogP contribution in [-0.2, 0) is 17.9 Å². The molecule has 3 aromatic carbocycles. The van der Waals surface area contributed by atoms with Crippen molar-refractivity contribution in [2.45, 2.75) is 13.2 Å². The summed E-state index contributed by atoms with van der Waals surface area (Å²) < 4.78 is 6.71. The lowest BCUT2D eigenvalue weighted by Crippen LogP contribution is -2.27. The third kappa shape index (κ3) is 5.21. The maximum Gasteiger partial charge on any atom is 0.293 e. The molecule has 7 heteroatoms. The Hall–Kier alpha value is -2.54. The monoisotopic (exact) mass is 513 g/mol. The molecular formula is C24H17BrClNO3S. The SMILES string of the molecule is O=C1S/C(=C\c2cccc(OCc3ccccc3Cl)c2)C(=O)N1Cc1ccccc1Br. The van der Waals surface area contributed by atoms with Crippen LogP contribution in [0.15, 0.2) is 82.2 Å². The first-order chi connectivity index (χ1) is 15.0. The van der Waals surface area contributed by atoms with Crippen LogP contribution in [-0.4, -0.2) is 16.0 Å². The van der Waals surface area contributed by atoms with Crippen molar-refractivity contribution in [3.05, 3.63) is 104 Å². The molecular weight excluding hydrogens is 498 g/mol. The molecule has 1 saturated heterocycles. The van der Waals surface area contributed by atoms with Gasteiger partial charge in [-0.15, -0.1) is 0 Å². The average molecular weight is 515 g/mol. The van der Waals surface area contributed by atoms with Gasteiger partial charge < -0.3 is 4.74 Å². The molecule has 0 aromatic heterocycles. The van der Waals surface area contributed by atoms with E-state index in [1.54, 1.807) is 6.08 Å². The van der Waals surface area contributed by atoms with Crippen LogP contribution in [0.1, 0.15) is 16.7 Å². The lowest BCUT2D eigenvalue weighted by molar-refractivity contribution is -0.123. The van der Waals surface area contributed by atoms with Crippen molar-refractivity contribution >= 4 is 56.5 Å². The number of thioether (sulfide) groups is 1. The Kier molecular flexibility index (Phi) is 6.80. The van der Waals surface area contributed by atoms with Crippen LogP contribution in [0.4, 0.5) is 4.79 Å². The predicted octanol–water partition coefficient (Wildman–Crippen LogP) is 6.92. The smallest absolute Gasteiger partial charge is 0.293 e. The molecule has 0 bridgehead atoms. The molecule has 31 heavy (non-hydrogen) atoms. The Morgan fingerprint density at radius 2 is 1.71 bits per heavy atom. The molecule has 1 aliphatic rings. The first kappa shape index (κ1) is 21.7. The van der Waals surface area contributed by atoms with Crippen molar-refractivity contribution in [1.29, 1.82) is 0 Å². The first-order valence-electron chi connectivity index (χ1n) is 9.46. The minimum absolute atomic E-state index is 0.227. The molecule has 4 rings (SSSR count). The van der Waals surface area contributed by atoms with Gasteiger partial charge in [0.2, 0.25) is 0 Å². The number of rotatable bonds is 6. The van der Waals surface area contributed by atoms with Crippen LogP contribution < -0.4 is 4.74 Å². The fourth-order valence-electron chi connectivity index (χ4n) is 3.06. The molecule has 0 radical (unpaired) electrons. The largest absolute Gasteiger partial charge is 0.489 e. The third-order valence-corrected chi connectivity index (χ3v) is 6.72. The molecule has 1 heterocycles. The van der Waals surface area contributed by atoms with Gasteiger partial charge in [-0.25, -0.2) is 0 Å². The van der Waals surface area contributed by atoms with E-state index in [9.17, 15) is 9.59 Å². The molecule has 1 fully saturated rings. The summed E-state index contributed by atoms with van der Waals surface area (Å²) in [5, 5.41) is 0.371. The zero-order valence-corrected chi connectivity index (χ0v) is 19.4. The van der Waals surface area contributed by atoms with E-state index in [0.717, 1.165) is 32.9 Å². The van der Waals surface area contributed by atoms with Gasteiger partial charge in [0.25, 0.3) is 11.1 Å². The van der Waals surface area contributed by atoms with E-state index >= 15 is 0 Å². The number of hydrogen-bond donors (Lipinski definition) is 0. The summed E-state index contributed by atoms with van der Waals surface area (Å²) in [6, 6.07) is 22.4. The second-order valence-electron chi connectivity index (χ2n) is 6.81. The Labute approximate surface area is 198 Å². The van der Waals surface area contributed by atoms with Crippen molar-refractivity contribution in [3.63, 3.8) is 0 Å². The quantitative estimate of drug-likeness (QED) is 0.335. The van der Waals surface area contributed by atoms with Crippen molar-refractivity contribution < 1.29 is 14.3 Å². The minimum Gasteiger partial charge on any atom is -0.489 e. The van der Waals surface area contributed by atoms with Crippen molar-refractivity contribution in [2.24, 2.45) is 0 Å². The molecule has 0 aliphatic carbocycles. The van der Waals surface area contributed by atoms with Crippen molar-refractivity contribution in [3.8, 4) is 5.75 Å². The highest BCUT2D eigenvalue weighted by molar-refractivity contribution is 9.10. The zero-order valence-electron chi connectivity index (χ0n) is 16.3. The van der Waals surface area contributed by atoms with Gasteiger partial charge in [0.05, 0.1) is 11.4 Å². The summed E-state index contributed by atoms with van der Waals surface area (Å²) >= 11 is 10.6. The van der Waals surface area contributed by atoms with E-state index < -0.39 is 0 Å². The molecule has 3 aromatic rings. The fourth-order valence-corrected chi connectivity index (χ4v) is 4.49. The van der Waals surface area contributed by atoms with Crippen molar-refractivity contribution in [1.82, 2.24) is 4.90 Å². The molecule has 2 amide bonds. The van der Waals surface area contributed by atoms with Crippen LogP contribution >= 0.6 is 39.3 Å². The lowest BCUT2D eigenvalue weighted by atomic mass is 10.2. The Bertz CT molecular complexity index is 1180. The normalized spacial score (nSPS) is 15.0. The second kappa shape index (κ2) is 9.73. The zero-order chi connectivity index (χ0) is 21.8. The number of carbonyl (C=O) groups is 2. The Balaban J connectivity index is 1.48. The van der Waals surface area contributed by atoms with Crippen LogP contribution in [0.25, 0.3) is 6.08 Å². The number of ether oxygens (including phenoxy) is 1. The number of hydrogen-bond acceptors (Lipinski definition) is 4. The van der Waals surface area contributed by atoms with Gasteiger partial charge in [-0.1, -0.05) is 76.1 Å². The predicted molar refractivity (Wildman–Crippen MR) is 128 cm³/mol. The number of carbonyl (C=O) groups excluding carboxylic acids is 2. The maximum atomic E-state index is 12.8. The van der Waals surface area contributed by atoms with Gasteiger partial charge in [-0.05, 0) is 53.2 Å². The van der Waals surface area contributed by atoms with Gasteiger partial charge in [0.1, 0.15) is 12.4 Å². The molecule has 0 N–H and O–H groups in total. The highest BCUT2D eigenvalue weighted by Gasteiger charge is 2.35. The number of imide groups is 1. The van der Waals surface area contributed by atoms with E-state index in [-0.39, 0.29) is 17.7 Å². The number of amides is 2. The van der Waals surface area contributed by atoms with E-state index in [1.165, 1.54) is 4.90 Å². The van der Waals surface area contributed by atoms with Crippen LogP contribution in [0.5, 0.6) is 5.75 Å². The topological polar surface area (TPSA) is 46.6 Å². The summed E-state index contributed by atoms with van der Waals surface area (Å²) in [6.07, 6.45) is 1.72. The molecule has 156 valence electrons. The average Bonchev–Trinajstić information content (AvgIpc) is 3.02. The third-order valence-electron chi connectivity index (χ3n) is 4.67. The Morgan fingerprint density at radius 1 is 0.968 bits per heavy atom. The van der Waals surface area contributed by atoms with Crippen LogP contribution in [0.3, 0.4) is 0 Å². The van der Waals surface area contributed by atoms with Gasteiger partial charge in [0.15, 0.2) is 0 Å². The van der Waals surface area contributed by atoms with Gasteiger partial charge >= 0.3 is 0 Å². The lowest BCUT2D eigenvalue weighted by Gasteiger charge is -2.13. The van der Waals surface area contributed by atoms with Crippen LogP contribution in [0.2, 0.25) is 5.02 Å². The molecule has 4 nitrogen and oxygen atoms in total. The summed E-state index contributed by atoms with van der Waals surface area (Å²) in [5.41, 5.74) is 2.55.